The van der Waals surface area contributed by atoms with Gasteiger partial charge >= 0.3 is 5.97 Å². The van der Waals surface area contributed by atoms with Gasteiger partial charge < -0.3 is 20.7 Å². The predicted octanol–water partition coefficient (Wildman–Crippen LogP) is 2.10. The van der Waals surface area contributed by atoms with E-state index in [9.17, 15) is 9.90 Å². The van der Waals surface area contributed by atoms with Gasteiger partial charge in [-0.05, 0) is 11.6 Å². The summed E-state index contributed by atoms with van der Waals surface area (Å²) in [5.74, 6) is -1.96. The van der Waals surface area contributed by atoms with Crippen LogP contribution in [0.25, 0.3) is 0 Å². The maximum Gasteiger partial charge on any atom is 0.312 e. The molecule has 0 fully saturated rings. The Morgan fingerprint density at radius 3 is 2.48 bits per heavy atom. The van der Waals surface area contributed by atoms with E-state index in [2.05, 4.69) is 0 Å². The van der Waals surface area contributed by atoms with Crippen molar-refractivity contribution in [1.82, 2.24) is 0 Å². The highest BCUT2D eigenvalue weighted by Crippen LogP contribution is 2.34. The third-order valence-corrected chi connectivity index (χ3v) is 3.18. The Kier molecular flexibility index (Phi) is 4.79. The molecule has 0 aliphatic heterocycles. The third kappa shape index (κ3) is 3.52. The molecule has 0 spiro atoms. The molecule has 5 heteroatoms. The Morgan fingerprint density at radius 1 is 1.14 bits per heavy atom. The average molecular weight is 287 g/mol. The monoisotopic (exact) mass is 287 g/mol. The van der Waals surface area contributed by atoms with Crippen molar-refractivity contribution in [3.8, 4) is 11.5 Å². The van der Waals surface area contributed by atoms with E-state index in [1.165, 1.54) is 6.07 Å². The number of carbonyl (C=O) groups is 1. The molecule has 110 valence electrons. The van der Waals surface area contributed by atoms with Crippen LogP contribution in [0.4, 0.5) is 0 Å². The minimum atomic E-state index is -1.08. The molecular formula is C16H17NO4. The van der Waals surface area contributed by atoms with Crippen molar-refractivity contribution >= 4 is 5.97 Å². The molecule has 0 aromatic heterocycles. The fourth-order valence-electron chi connectivity index (χ4n) is 2.03. The summed E-state index contributed by atoms with van der Waals surface area (Å²) < 4.78 is 5.55. The van der Waals surface area contributed by atoms with Crippen LogP contribution in [0.2, 0.25) is 0 Å². The number of phenolic OH excluding ortho intramolecular Hbond substituents is 1. The Hall–Kier alpha value is -2.53. The van der Waals surface area contributed by atoms with Crippen molar-refractivity contribution in [2.45, 2.75) is 12.5 Å². The number of nitrogens with two attached hydrogens (primary N) is 1. The van der Waals surface area contributed by atoms with E-state index in [1.54, 1.807) is 12.1 Å². The number of aliphatic carboxylic acids is 1. The molecule has 2 aromatic carbocycles. The molecule has 0 aliphatic rings. The van der Waals surface area contributed by atoms with Crippen molar-refractivity contribution in [3.63, 3.8) is 0 Å². The first-order chi connectivity index (χ1) is 10.1. The van der Waals surface area contributed by atoms with Gasteiger partial charge in [0.1, 0.15) is 6.61 Å². The number of aromatic hydroxyl groups is 1. The Morgan fingerprint density at radius 2 is 1.86 bits per heavy atom. The van der Waals surface area contributed by atoms with Gasteiger partial charge in [-0.25, -0.2) is 0 Å². The molecule has 0 aliphatic carbocycles. The number of phenols is 1. The summed E-state index contributed by atoms with van der Waals surface area (Å²) in [5.41, 5.74) is 6.67. The quantitative estimate of drug-likeness (QED) is 0.756. The summed E-state index contributed by atoms with van der Waals surface area (Å²) in [5, 5.41) is 19.3. The largest absolute Gasteiger partial charge is 0.504 e. The molecule has 2 rings (SSSR count). The fourth-order valence-corrected chi connectivity index (χ4v) is 2.03. The normalized spacial score (nSPS) is 11.9. The van der Waals surface area contributed by atoms with Crippen LogP contribution in [-0.2, 0) is 11.4 Å². The summed E-state index contributed by atoms with van der Waals surface area (Å²) in [6.07, 6.45) is 0. The van der Waals surface area contributed by atoms with Crippen molar-refractivity contribution in [3.05, 3.63) is 59.7 Å². The van der Waals surface area contributed by atoms with Gasteiger partial charge in [-0.2, -0.15) is 0 Å². The maximum atomic E-state index is 11.1. The zero-order valence-electron chi connectivity index (χ0n) is 11.4. The van der Waals surface area contributed by atoms with Gasteiger partial charge in [-0.15, -0.1) is 0 Å². The van der Waals surface area contributed by atoms with E-state index < -0.39 is 11.9 Å². The predicted molar refractivity (Wildman–Crippen MR) is 78.3 cm³/mol. The van der Waals surface area contributed by atoms with Gasteiger partial charge in [0.05, 0.1) is 5.92 Å². The summed E-state index contributed by atoms with van der Waals surface area (Å²) in [6.45, 7) is 0.198. The molecule has 1 atom stereocenters. The minimum Gasteiger partial charge on any atom is -0.504 e. The summed E-state index contributed by atoms with van der Waals surface area (Å²) in [7, 11) is 0. The van der Waals surface area contributed by atoms with E-state index in [0.717, 1.165) is 5.56 Å². The van der Waals surface area contributed by atoms with Gasteiger partial charge in [0, 0.05) is 12.1 Å². The Labute approximate surface area is 122 Å². The van der Waals surface area contributed by atoms with E-state index in [-0.39, 0.29) is 30.2 Å². The number of carboxylic acids is 1. The molecule has 1 unspecified atom stereocenters. The second-order valence-electron chi connectivity index (χ2n) is 4.59. The second-order valence-corrected chi connectivity index (χ2v) is 4.59. The van der Waals surface area contributed by atoms with Gasteiger partial charge in [0.25, 0.3) is 0 Å². The molecule has 0 bridgehead atoms. The maximum absolute atomic E-state index is 11.1. The lowest BCUT2D eigenvalue weighted by atomic mass is 9.98. The molecule has 0 amide bonds. The Bertz CT molecular complexity index is 613. The van der Waals surface area contributed by atoms with Crippen LogP contribution >= 0.6 is 0 Å². The number of para-hydroxylation sites is 1. The average Bonchev–Trinajstić information content (AvgIpc) is 2.49. The van der Waals surface area contributed by atoms with Crippen molar-refractivity contribution in [2.24, 2.45) is 5.73 Å². The standard InChI is InChI=1S/C16H17NO4/c17-9-13(16(19)20)12-7-4-8-14(15(12)18)21-10-11-5-2-1-3-6-11/h1-8,13,18H,9-10,17H2,(H,19,20). The SMILES string of the molecule is NCC(C(=O)O)c1cccc(OCc2ccccc2)c1O. The van der Waals surface area contributed by atoms with Gasteiger partial charge in [-0.3, -0.25) is 4.79 Å². The van der Waals surface area contributed by atoms with Gasteiger partial charge in [0.2, 0.25) is 0 Å². The van der Waals surface area contributed by atoms with Crippen LogP contribution in [-0.4, -0.2) is 22.7 Å². The zero-order chi connectivity index (χ0) is 15.2. The molecule has 0 saturated heterocycles. The molecule has 21 heavy (non-hydrogen) atoms. The molecule has 4 N–H and O–H groups in total. The molecule has 5 nitrogen and oxygen atoms in total. The second kappa shape index (κ2) is 6.76. The molecule has 0 radical (unpaired) electrons. The van der Waals surface area contributed by atoms with E-state index in [1.807, 2.05) is 30.3 Å². The minimum absolute atomic E-state index is 0.0922. The lowest BCUT2D eigenvalue weighted by Crippen LogP contribution is -2.21. The highest BCUT2D eigenvalue weighted by Gasteiger charge is 2.23. The van der Waals surface area contributed by atoms with Crippen molar-refractivity contribution in [1.29, 1.82) is 0 Å². The van der Waals surface area contributed by atoms with Crippen LogP contribution in [0, 0.1) is 0 Å². The fraction of sp³-hybridized carbons (Fsp3) is 0.188. The van der Waals surface area contributed by atoms with Crippen LogP contribution in [0.5, 0.6) is 11.5 Å². The number of carboxylic acid groups (broad SMARTS) is 1. The van der Waals surface area contributed by atoms with Crippen LogP contribution in [0.1, 0.15) is 17.0 Å². The molecule has 0 heterocycles. The van der Waals surface area contributed by atoms with Gasteiger partial charge in [-0.1, -0.05) is 42.5 Å². The first-order valence-corrected chi connectivity index (χ1v) is 6.55. The van der Waals surface area contributed by atoms with Crippen LogP contribution in [0.3, 0.4) is 0 Å². The summed E-state index contributed by atoms with van der Waals surface area (Å²) >= 11 is 0. The number of hydrogen-bond acceptors (Lipinski definition) is 4. The zero-order valence-corrected chi connectivity index (χ0v) is 11.4. The van der Waals surface area contributed by atoms with Gasteiger partial charge in [0.15, 0.2) is 11.5 Å². The highest BCUT2D eigenvalue weighted by molar-refractivity contribution is 5.78. The Balaban J connectivity index is 2.19. The molecular weight excluding hydrogens is 270 g/mol. The third-order valence-electron chi connectivity index (χ3n) is 3.18. The smallest absolute Gasteiger partial charge is 0.312 e. The number of hydrogen-bond donors (Lipinski definition) is 3. The highest BCUT2D eigenvalue weighted by atomic mass is 16.5. The van der Waals surface area contributed by atoms with E-state index in [0.29, 0.717) is 0 Å². The molecule has 2 aromatic rings. The lowest BCUT2D eigenvalue weighted by Gasteiger charge is -2.15. The lowest BCUT2D eigenvalue weighted by molar-refractivity contribution is -0.138. The first kappa shape index (κ1) is 14.9. The topological polar surface area (TPSA) is 92.8 Å². The van der Waals surface area contributed by atoms with Crippen molar-refractivity contribution < 1.29 is 19.7 Å². The number of rotatable bonds is 6. The van der Waals surface area contributed by atoms with Crippen molar-refractivity contribution in [2.75, 3.05) is 6.54 Å². The first-order valence-electron chi connectivity index (χ1n) is 6.55. The number of benzene rings is 2. The summed E-state index contributed by atoms with van der Waals surface area (Å²) in [6, 6.07) is 14.3. The van der Waals surface area contributed by atoms with Crippen LogP contribution in [0.15, 0.2) is 48.5 Å². The summed E-state index contributed by atoms with van der Waals surface area (Å²) in [4.78, 5) is 11.1. The van der Waals surface area contributed by atoms with Crippen LogP contribution < -0.4 is 10.5 Å². The van der Waals surface area contributed by atoms with E-state index >= 15 is 0 Å². The number of ether oxygens (including phenoxy) is 1. The molecule has 0 saturated carbocycles. The van der Waals surface area contributed by atoms with E-state index in [4.69, 9.17) is 15.6 Å².